The number of amides is 1. The lowest BCUT2D eigenvalue weighted by molar-refractivity contribution is -0.161. The third-order valence-corrected chi connectivity index (χ3v) is 11.8. The molecule has 0 aromatic heterocycles. The van der Waals surface area contributed by atoms with E-state index in [2.05, 4.69) is 0 Å². The van der Waals surface area contributed by atoms with Gasteiger partial charge in [0.05, 0.1) is 28.3 Å². The van der Waals surface area contributed by atoms with Crippen LogP contribution in [0.15, 0.2) is 77.7 Å². The number of carbonyl (C=O) groups excluding carboxylic acids is 1. The quantitative estimate of drug-likeness (QED) is 0.227. The normalized spacial score (nSPS) is 26.1. The Kier molecular flexibility index (Phi) is 8.68. The molecule has 5 rings (SSSR count). The van der Waals surface area contributed by atoms with Crippen molar-refractivity contribution >= 4 is 45.9 Å². The molecule has 3 aromatic rings. The van der Waals surface area contributed by atoms with E-state index in [9.17, 15) is 23.8 Å². The standard InChI is InChI=1S/C33H38Cl2N2O5S/c1-5-25(20-36-32(2,3)27-11-6-7-12-28(27)43(36,41)42)37-30(21-13-15-23(34)16-14-21)26(22-9-8-10-24(35)17-22)18-33(4,31(37)40)19-29(38)39/h6-17,25-26,30,41-42H,5,18-20H2,1-4H3,(H,38,39)/t25-,26+,30+,33-/m0/s1. The monoisotopic (exact) mass is 644 g/mol. The Balaban J connectivity index is 1.67. The minimum atomic E-state index is -3.36. The van der Waals surface area contributed by atoms with Gasteiger partial charge in [0.25, 0.3) is 0 Å². The first kappa shape index (κ1) is 31.8. The first-order valence-electron chi connectivity index (χ1n) is 14.4. The van der Waals surface area contributed by atoms with Gasteiger partial charge >= 0.3 is 5.97 Å². The van der Waals surface area contributed by atoms with Crippen LogP contribution in [0.4, 0.5) is 0 Å². The molecule has 43 heavy (non-hydrogen) atoms. The second-order valence-corrected chi connectivity index (χ2v) is 15.2. The maximum atomic E-state index is 14.7. The number of nitrogens with zero attached hydrogens (tertiary/aromatic N) is 2. The lowest BCUT2D eigenvalue weighted by atomic mass is 9.67. The van der Waals surface area contributed by atoms with Crippen LogP contribution in [0.2, 0.25) is 10.0 Å². The molecule has 0 saturated carbocycles. The lowest BCUT2D eigenvalue weighted by Crippen LogP contribution is -2.59. The number of fused-ring (bicyclic) bond motifs is 1. The van der Waals surface area contributed by atoms with Crippen LogP contribution in [0.1, 0.15) is 75.6 Å². The molecule has 4 atom stereocenters. The van der Waals surface area contributed by atoms with E-state index in [-0.39, 0.29) is 24.8 Å². The van der Waals surface area contributed by atoms with Crippen LogP contribution in [0.5, 0.6) is 0 Å². The predicted molar refractivity (Wildman–Crippen MR) is 172 cm³/mol. The SMILES string of the molecule is CC[C@@H](CN1C(C)(C)c2ccccc2S1(O)O)N1C(=O)[C@](C)(CC(=O)O)C[C@H](c2cccc(Cl)c2)[C@H]1c1ccc(Cl)cc1. The van der Waals surface area contributed by atoms with Crippen LogP contribution < -0.4 is 0 Å². The summed E-state index contributed by atoms with van der Waals surface area (Å²) in [5, 5.41) is 11.0. The maximum Gasteiger partial charge on any atom is 0.304 e. The van der Waals surface area contributed by atoms with Crippen LogP contribution in [0.25, 0.3) is 0 Å². The third-order valence-electron chi connectivity index (χ3n) is 9.15. The average molecular weight is 646 g/mol. The van der Waals surface area contributed by atoms with E-state index >= 15 is 0 Å². The number of piperidine rings is 1. The van der Waals surface area contributed by atoms with Gasteiger partial charge in [-0.15, -0.1) is 10.8 Å². The first-order valence-corrected chi connectivity index (χ1v) is 16.7. The van der Waals surface area contributed by atoms with E-state index in [4.69, 9.17) is 23.2 Å². The fraction of sp³-hybridized carbons (Fsp3) is 0.394. The predicted octanol–water partition coefficient (Wildman–Crippen LogP) is 8.59. The molecular weight excluding hydrogens is 607 g/mol. The number of benzene rings is 3. The van der Waals surface area contributed by atoms with Gasteiger partial charge in [0.15, 0.2) is 0 Å². The minimum Gasteiger partial charge on any atom is -0.481 e. The Morgan fingerprint density at radius 1 is 0.977 bits per heavy atom. The number of carboxylic acids is 1. The molecule has 230 valence electrons. The summed E-state index contributed by atoms with van der Waals surface area (Å²) >= 11 is 12.7. The zero-order valence-corrected chi connectivity index (χ0v) is 27.0. The van der Waals surface area contributed by atoms with E-state index in [1.54, 1.807) is 41.6 Å². The average Bonchev–Trinajstić information content (AvgIpc) is 3.10. The van der Waals surface area contributed by atoms with Crippen LogP contribution in [-0.2, 0) is 15.1 Å². The highest BCUT2D eigenvalue weighted by molar-refractivity contribution is 8.22. The summed E-state index contributed by atoms with van der Waals surface area (Å²) in [7, 11) is -3.36. The molecule has 0 bridgehead atoms. The Morgan fingerprint density at radius 3 is 2.26 bits per heavy atom. The van der Waals surface area contributed by atoms with Gasteiger partial charge in [-0.3, -0.25) is 18.7 Å². The van der Waals surface area contributed by atoms with Crippen molar-refractivity contribution in [2.45, 2.75) is 75.4 Å². The molecule has 2 aliphatic rings. The minimum absolute atomic E-state index is 0.168. The van der Waals surface area contributed by atoms with Gasteiger partial charge in [0.2, 0.25) is 5.91 Å². The van der Waals surface area contributed by atoms with Crippen molar-refractivity contribution in [1.29, 1.82) is 0 Å². The van der Waals surface area contributed by atoms with Crippen molar-refractivity contribution in [3.05, 3.63) is 99.5 Å². The largest absolute Gasteiger partial charge is 0.481 e. The van der Waals surface area contributed by atoms with Gasteiger partial charge in [0.1, 0.15) is 0 Å². The molecule has 3 aromatic carbocycles. The number of halogens is 2. The van der Waals surface area contributed by atoms with E-state index < -0.39 is 39.8 Å². The summed E-state index contributed by atoms with van der Waals surface area (Å²) in [6, 6.07) is 21.2. The molecule has 2 heterocycles. The Morgan fingerprint density at radius 2 is 1.65 bits per heavy atom. The number of rotatable bonds is 8. The molecule has 1 amide bonds. The van der Waals surface area contributed by atoms with E-state index in [0.717, 1.165) is 16.7 Å². The Hall–Kier alpha value is -2.59. The highest BCUT2D eigenvalue weighted by Crippen LogP contribution is 2.65. The number of hydrogen-bond donors (Lipinski definition) is 3. The molecule has 1 fully saturated rings. The molecule has 0 spiro atoms. The van der Waals surface area contributed by atoms with Crippen molar-refractivity contribution in [3.63, 3.8) is 0 Å². The molecule has 7 nitrogen and oxygen atoms in total. The number of carbonyl (C=O) groups is 2. The smallest absolute Gasteiger partial charge is 0.304 e. The van der Waals surface area contributed by atoms with Gasteiger partial charge < -0.3 is 10.0 Å². The van der Waals surface area contributed by atoms with Gasteiger partial charge in [-0.1, -0.05) is 79.5 Å². The summed E-state index contributed by atoms with van der Waals surface area (Å²) in [5.74, 6) is -1.62. The molecule has 2 aliphatic heterocycles. The molecular formula is C33H38Cl2N2O5S. The summed E-state index contributed by atoms with van der Waals surface area (Å²) < 4.78 is 24.9. The number of hydrogen-bond acceptors (Lipinski definition) is 5. The van der Waals surface area contributed by atoms with Crippen molar-refractivity contribution < 1.29 is 23.8 Å². The highest BCUT2D eigenvalue weighted by Gasteiger charge is 2.54. The fourth-order valence-corrected chi connectivity index (χ4v) is 9.55. The molecule has 0 radical (unpaired) electrons. The van der Waals surface area contributed by atoms with E-state index in [0.29, 0.717) is 27.8 Å². The van der Waals surface area contributed by atoms with Crippen LogP contribution >= 0.6 is 34.0 Å². The van der Waals surface area contributed by atoms with Gasteiger partial charge in [-0.2, -0.15) is 4.31 Å². The molecule has 0 aliphatic carbocycles. The number of likely N-dealkylation sites (tertiary alicyclic amines) is 1. The number of aliphatic carboxylic acids is 1. The van der Waals surface area contributed by atoms with Crippen molar-refractivity contribution in [3.8, 4) is 0 Å². The lowest BCUT2D eigenvalue weighted by Gasteiger charge is -2.53. The van der Waals surface area contributed by atoms with Gasteiger partial charge in [0, 0.05) is 28.5 Å². The molecule has 10 heteroatoms. The number of carboxylic acid groups (broad SMARTS) is 1. The molecule has 1 saturated heterocycles. The third kappa shape index (κ3) is 5.70. The van der Waals surface area contributed by atoms with Crippen molar-refractivity contribution in [2.24, 2.45) is 5.41 Å². The van der Waals surface area contributed by atoms with Crippen LogP contribution in [0.3, 0.4) is 0 Å². The molecule has 0 unspecified atom stereocenters. The summed E-state index contributed by atoms with van der Waals surface area (Å²) in [6.07, 6.45) is 0.466. The summed E-state index contributed by atoms with van der Waals surface area (Å²) in [5.41, 5.74) is 0.648. The maximum absolute atomic E-state index is 14.7. The molecule has 3 N–H and O–H groups in total. The topological polar surface area (TPSA) is 101 Å². The Labute approximate surface area is 264 Å². The zero-order valence-electron chi connectivity index (χ0n) is 24.7. The van der Waals surface area contributed by atoms with Crippen LogP contribution in [-0.4, -0.2) is 47.9 Å². The Bertz CT molecular complexity index is 1500. The van der Waals surface area contributed by atoms with Crippen LogP contribution in [0, 0.1) is 5.41 Å². The van der Waals surface area contributed by atoms with E-state index in [1.807, 2.05) is 68.1 Å². The summed E-state index contributed by atoms with van der Waals surface area (Å²) in [6.45, 7) is 7.77. The van der Waals surface area contributed by atoms with Gasteiger partial charge in [-0.05, 0) is 73.7 Å². The highest BCUT2D eigenvalue weighted by atomic mass is 35.5. The van der Waals surface area contributed by atoms with Crippen molar-refractivity contribution in [1.82, 2.24) is 9.21 Å². The fourth-order valence-electron chi connectivity index (χ4n) is 7.00. The zero-order chi connectivity index (χ0) is 31.3. The second-order valence-electron chi connectivity index (χ2n) is 12.4. The first-order chi connectivity index (χ1) is 20.2. The van der Waals surface area contributed by atoms with E-state index in [1.165, 1.54) is 0 Å². The summed E-state index contributed by atoms with van der Waals surface area (Å²) in [4.78, 5) is 29.1. The van der Waals surface area contributed by atoms with Gasteiger partial charge in [-0.25, -0.2) is 0 Å². The van der Waals surface area contributed by atoms with Crippen molar-refractivity contribution in [2.75, 3.05) is 6.54 Å². The second kappa shape index (κ2) is 11.7.